The van der Waals surface area contributed by atoms with E-state index in [9.17, 15) is 5.11 Å². The van der Waals surface area contributed by atoms with Crippen LogP contribution in [0.3, 0.4) is 0 Å². The molecule has 0 saturated heterocycles. The summed E-state index contributed by atoms with van der Waals surface area (Å²) in [6.07, 6.45) is 3.08. The molecule has 0 heterocycles. The molecule has 0 aromatic carbocycles. The summed E-state index contributed by atoms with van der Waals surface area (Å²) >= 11 is 0. The molecule has 1 fully saturated rings. The number of aliphatic hydroxyl groups excluding tert-OH is 1. The second-order valence-electron chi connectivity index (χ2n) is 4.61. The SMILES string of the molecule is C=C[C@@H]1C[C@@]1(CO)C(C)(C)C. The van der Waals surface area contributed by atoms with Gasteiger partial charge >= 0.3 is 0 Å². The Kier molecular flexibility index (Phi) is 1.87. The standard InChI is InChI=1S/C10H18O/c1-5-8-6-10(8,7-11)9(2,3)4/h5,8,11H,1,6-7H2,2-4H3/t8-,10+/m1/s1. The van der Waals surface area contributed by atoms with E-state index in [0.29, 0.717) is 12.5 Å². The second-order valence-corrected chi connectivity index (χ2v) is 4.61. The average molecular weight is 154 g/mol. The van der Waals surface area contributed by atoms with Crippen LogP contribution < -0.4 is 0 Å². The minimum absolute atomic E-state index is 0.134. The summed E-state index contributed by atoms with van der Waals surface area (Å²) in [5.41, 5.74) is 0.343. The summed E-state index contributed by atoms with van der Waals surface area (Å²) < 4.78 is 0. The van der Waals surface area contributed by atoms with Crippen molar-refractivity contribution in [3.63, 3.8) is 0 Å². The first kappa shape index (κ1) is 8.79. The Hall–Kier alpha value is -0.300. The summed E-state index contributed by atoms with van der Waals surface area (Å²) in [7, 11) is 0. The molecule has 1 saturated carbocycles. The van der Waals surface area contributed by atoms with Crippen LogP contribution in [-0.2, 0) is 0 Å². The van der Waals surface area contributed by atoms with Gasteiger partial charge in [-0.1, -0.05) is 26.8 Å². The van der Waals surface area contributed by atoms with Gasteiger partial charge < -0.3 is 5.11 Å². The molecule has 0 aromatic rings. The van der Waals surface area contributed by atoms with E-state index in [0.717, 1.165) is 6.42 Å². The summed E-state index contributed by atoms with van der Waals surface area (Å²) in [6.45, 7) is 10.6. The highest BCUT2D eigenvalue weighted by Crippen LogP contribution is 2.63. The molecular formula is C10H18O. The van der Waals surface area contributed by atoms with Gasteiger partial charge in [-0.25, -0.2) is 0 Å². The zero-order chi connectivity index (χ0) is 8.70. The Morgan fingerprint density at radius 3 is 2.27 bits per heavy atom. The Morgan fingerprint density at radius 1 is 1.64 bits per heavy atom. The molecule has 1 rings (SSSR count). The van der Waals surface area contributed by atoms with Crippen molar-refractivity contribution in [3.05, 3.63) is 12.7 Å². The maximum Gasteiger partial charge on any atom is 0.0498 e. The van der Waals surface area contributed by atoms with E-state index in [1.807, 2.05) is 6.08 Å². The number of hydrogen-bond acceptors (Lipinski definition) is 1. The Bertz CT molecular complexity index is 166. The van der Waals surface area contributed by atoms with Crippen LogP contribution in [0.25, 0.3) is 0 Å². The molecule has 0 unspecified atom stereocenters. The van der Waals surface area contributed by atoms with Gasteiger partial charge in [0.05, 0.1) is 0 Å². The van der Waals surface area contributed by atoms with E-state index in [1.54, 1.807) is 0 Å². The van der Waals surface area contributed by atoms with Crippen molar-refractivity contribution in [2.75, 3.05) is 6.61 Å². The third-order valence-corrected chi connectivity index (χ3v) is 3.19. The van der Waals surface area contributed by atoms with Crippen molar-refractivity contribution in [1.82, 2.24) is 0 Å². The first-order valence-corrected chi connectivity index (χ1v) is 4.21. The van der Waals surface area contributed by atoms with Gasteiger partial charge in [-0.2, -0.15) is 0 Å². The third-order valence-electron chi connectivity index (χ3n) is 3.19. The average Bonchev–Trinajstić information content (AvgIpc) is 2.60. The van der Waals surface area contributed by atoms with E-state index in [2.05, 4.69) is 27.4 Å². The van der Waals surface area contributed by atoms with E-state index in [1.165, 1.54) is 0 Å². The lowest BCUT2D eigenvalue weighted by atomic mass is 9.76. The van der Waals surface area contributed by atoms with E-state index >= 15 is 0 Å². The first-order valence-electron chi connectivity index (χ1n) is 4.21. The van der Waals surface area contributed by atoms with Gasteiger partial charge in [-0.15, -0.1) is 6.58 Å². The predicted octanol–water partition coefficient (Wildman–Crippen LogP) is 2.22. The lowest BCUT2D eigenvalue weighted by Crippen LogP contribution is -2.27. The lowest BCUT2D eigenvalue weighted by molar-refractivity contribution is 0.100. The minimum atomic E-state index is 0.134. The first-order chi connectivity index (χ1) is 4.98. The molecule has 1 aliphatic rings. The fraction of sp³-hybridized carbons (Fsp3) is 0.800. The van der Waals surface area contributed by atoms with Crippen molar-refractivity contribution < 1.29 is 5.11 Å². The summed E-state index contributed by atoms with van der Waals surface area (Å²) in [5, 5.41) is 9.25. The van der Waals surface area contributed by atoms with Gasteiger partial charge in [0.15, 0.2) is 0 Å². The van der Waals surface area contributed by atoms with Gasteiger partial charge in [0.2, 0.25) is 0 Å². The smallest absolute Gasteiger partial charge is 0.0498 e. The van der Waals surface area contributed by atoms with Crippen molar-refractivity contribution in [2.45, 2.75) is 27.2 Å². The van der Waals surface area contributed by atoms with Gasteiger partial charge in [0.1, 0.15) is 0 Å². The molecular weight excluding hydrogens is 136 g/mol. The van der Waals surface area contributed by atoms with Gasteiger partial charge in [-0.3, -0.25) is 0 Å². The van der Waals surface area contributed by atoms with Gasteiger partial charge in [-0.05, 0) is 17.8 Å². The molecule has 0 aliphatic heterocycles. The van der Waals surface area contributed by atoms with Gasteiger partial charge in [0, 0.05) is 12.0 Å². The third kappa shape index (κ3) is 1.12. The molecule has 0 radical (unpaired) electrons. The van der Waals surface area contributed by atoms with Crippen LogP contribution in [0.1, 0.15) is 27.2 Å². The monoisotopic (exact) mass is 154 g/mol. The molecule has 0 aromatic heterocycles. The molecule has 1 N–H and O–H groups in total. The molecule has 1 aliphatic carbocycles. The number of hydrogen-bond donors (Lipinski definition) is 1. The highest BCUT2D eigenvalue weighted by molar-refractivity contribution is 5.14. The number of rotatable bonds is 2. The summed E-state index contributed by atoms with van der Waals surface area (Å²) in [6, 6.07) is 0. The maximum absolute atomic E-state index is 9.25. The summed E-state index contributed by atoms with van der Waals surface area (Å²) in [4.78, 5) is 0. The normalized spacial score (nSPS) is 36.9. The highest BCUT2D eigenvalue weighted by atomic mass is 16.3. The van der Waals surface area contributed by atoms with Crippen LogP contribution in [0.15, 0.2) is 12.7 Å². The Balaban J connectivity index is 2.74. The van der Waals surface area contributed by atoms with Crippen molar-refractivity contribution in [2.24, 2.45) is 16.7 Å². The van der Waals surface area contributed by atoms with Crippen molar-refractivity contribution in [3.8, 4) is 0 Å². The van der Waals surface area contributed by atoms with Crippen molar-refractivity contribution in [1.29, 1.82) is 0 Å². The van der Waals surface area contributed by atoms with Crippen molar-refractivity contribution >= 4 is 0 Å². The molecule has 0 spiro atoms. The van der Waals surface area contributed by atoms with E-state index in [-0.39, 0.29) is 10.8 Å². The van der Waals surface area contributed by atoms with E-state index in [4.69, 9.17) is 0 Å². The second kappa shape index (κ2) is 2.34. The number of allylic oxidation sites excluding steroid dienone is 1. The summed E-state index contributed by atoms with van der Waals surface area (Å²) in [5.74, 6) is 0.535. The molecule has 1 nitrogen and oxygen atoms in total. The molecule has 64 valence electrons. The Morgan fingerprint density at radius 2 is 2.18 bits per heavy atom. The van der Waals surface area contributed by atoms with Crippen LogP contribution >= 0.6 is 0 Å². The molecule has 0 bridgehead atoms. The number of aliphatic hydroxyl groups is 1. The molecule has 0 amide bonds. The van der Waals surface area contributed by atoms with Crippen LogP contribution in [0.5, 0.6) is 0 Å². The molecule has 1 heteroatoms. The predicted molar refractivity (Wildman–Crippen MR) is 47.3 cm³/mol. The lowest BCUT2D eigenvalue weighted by Gasteiger charge is -2.30. The molecule has 11 heavy (non-hydrogen) atoms. The largest absolute Gasteiger partial charge is 0.396 e. The van der Waals surface area contributed by atoms with Crippen LogP contribution in [0.2, 0.25) is 0 Å². The maximum atomic E-state index is 9.25. The fourth-order valence-corrected chi connectivity index (χ4v) is 1.92. The zero-order valence-corrected chi connectivity index (χ0v) is 7.72. The Labute approximate surface area is 69.1 Å². The zero-order valence-electron chi connectivity index (χ0n) is 7.72. The van der Waals surface area contributed by atoms with Crippen LogP contribution in [0.4, 0.5) is 0 Å². The topological polar surface area (TPSA) is 20.2 Å². The minimum Gasteiger partial charge on any atom is -0.396 e. The fourth-order valence-electron chi connectivity index (χ4n) is 1.92. The van der Waals surface area contributed by atoms with Gasteiger partial charge in [0.25, 0.3) is 0 Å². The highest BCUT2D eigenvalue weighted by Gasteiger charge is 2.58. The van der Waals surface area contributed by atoms with Crippen LogP contribution in [0, 0.1) is 16.7 Å². The van der Waals surface area contributed by atoms with Crippen LogP contribution in [-0.4, -0.2) is 11.7 Å². The van der Waals surface area contributed by atoms with E-state index < -0.39 is 0 Å². The molecule has 2 atom stereocenters. The quantitative estimate of drug-likeness (QED) is 0.605.